The van der Waals surface area contributed by atoms with Crippen LogP contribution in [0.5, 0.6) is 0 Å². The SMILES string of the molecule is CCC[C@H](C)NC(=O)CN(c1ccc(I)cc1)S(=O)(=O)c1ccccc1. The highest BCUT2D eigenvalue weighted by molar-refractivity contribution is 14.1. The van der Waals surface area contributed by atoms with Gasteiger partial charge in [0.25, 0.3) is 10.0 Å². The minimum atomic E-state index is -3.84. The van der Waals surface area contributed by atoms with Crippen LogP contribution in [0.4, 0.5) is 5.69 Å². The molecular formula is C19H23IN2O3S. The number of halogens is 1. The van der Waals surface area contributed by atoms with Crippen molar-refractivity contribution < 1.29 is 13.2 Å². The summed E-state index contributed by atoms with van der Waals surface area (Å²) in [5, 5.41) is 2.87. The summed E-state index contributed by atoms with van der Waals surface area (Å²) >= 11 is 2.16. The Morgan fingerprint density at radius 2 is 1.73 bits per heavy atom. The molecule has 5 nitrogen and oxygen atoms in total. The molecule has 140 valence electrons. The molecule has 2 rings (SSSR count). The number of carbonyl (C=O) groups is 1. The number of anilines is 1. The summed E-state index contributed by atoms with van der Waals surface area (Å²) in [6.45, 7) is 3.70. The van der Waals surface area contributed by atoms with Crippen LogP contribution in [0.3, 0.4) is 0 Å². The van der Waals surface area contributed by atoms with Gasteiger partial charge in [0.15, 0.2) is 0 Å². The van der Waals surface area contributed by atoms with Crippen molar-refractivity contribution in [3.63, 3.8) is 0 Å². The van der Waals surface area contributed by atoms with Crippen LogP contribution in [0, 0.1) is 3.57 Å². The lowest BCUT2D eigenvalue weighted by atomic mass is 10.2. The Labute approximate surface area is 169 Å². The zero-order valence-corrected chi connectivity index (χ0v) is 17.8. The lowest BCUT2D eigenvalue weighted by Gasteiger charge is -2.25. The molecule has 0 fully saturated rings. The van der Waals surface area contributed by atoms with Gasteiger partial charge in [0, 0.05) is 9.61 Å². The summed E-state index contributed by atoms with van der Waals surface area (Å²) in [5.41, 5.74) is 0.465. The fourth-order valence-corrected chi connectivity index (χ4v) is 4.40. The van der Waals surface area contributed by atoms with E-state index in [1.54, 1.807) is 30.3 Å². The Balaban J connectivity index is 2.34. The second-order valence-electron chi connectivity index (χ2n) is 6.06. The van der Waals surface area contributed by atoms with E-state index in [2.05, 4.69) is 27.9 Å². The Bertz CT molecular complexity index is 824. The van der Waals surface area contributed by atoms with Crippen LogP contribution < -0.4 is 9.62 Å². The van der Waals surface area contributed by atoms with Crippen molar-refractivity contribution in [1.82, 2.24) is 5.32 Å². The summed E-state index contributed by atoms with van der Waals surface area (Å²) in [6, 6.07) is 15.2. The van der Waals surface area contributed by atoms with Crippen LogP contribution in [-0.2, 0) is 14.8 Å². The van der Waals surface area contributed by atoms with Gasteiger partial charge in [0.1, 0.15) is 6.54 Å². The van der Waals surface area contributed by atoms with E-state index in [-0.39, 0.29) is 23.4 Å². The standard InChI is InChI=1S/C19H23IN2O3S/c1-3-7-15(2)21-19(23)14-22(17-12-10-16(20)11-13-17)26(24,25)18-8-5-4-6-9-18/h4-6,8-13,15H,3,7,14H2,1-2H3,(H,21,23)/t15-/m0/s1. The number of hydrogen-bond donors (Lipinski definition) is 1. The van der Waals surface area contributed by atoms with Gasteiger partial charge >= 0.3 is 0 Å². The van der Waals surface area contributed by atoms with Crippen LogP contribution >= 0.6 is 22.6 Å². The van der Waals surface area contributed by atoms with Crippen molar-refractivity contribution in [2.75, 3.05) is 10.8 Å². The van der Waals surface area contributed by atoms with Crippen LogP contribution in [0.25, 0.3) is 0 Å². The van der Waals surface area contributed by atoms with E-state index in [0.29, 0.717) is 5.69 Å². The first-order valence-electron chi connectivity index (χ1n) is 8.47. The molecule has 0 saturated heterocycles. The quantitative estimate of drug-likeness (QED) is 0.578. The van der Waals surface area contributed by atoms with Gasteiger partial charge < -0.3 is 5.32 Å². The Morgan fingerprint density at radius 3 is 2.31 bits per heavy atom. The molecule has 1 atom stereocenters. The van der Waals surface area contributed by atoms with E-state index in [0.717, 1.165) is 20.7 Å². The Hall–Kier alpha value is -1.61. The highest BCUT2D eigenvalue weighted by Gasteiger charge is 2.27. The van der Waals surface area contributed by atoms with Crippen LogP contribution in [0.2, 0.25) is 0 Å². The molecule has 0 aliphatic heterocycles. The molecule has 7 heteroatoms. The third-order valence-electron chi connectivity index (χ3n) is 3.86. The highest BCUT2D eigenvalue weighted by atomic mass is 127. The number of hydrogen-bond acceptors (Lipinski definition) is 3. The van der Waals surface area contributed by atoms with Crippen molar-refractivity contribution in [2.24, 2.45) is 0 Å². The largest absolute Gasteiger partial charge is 0.352 e. The number of nitrogens with one attached hydrogen (secondary N) is 1. The highest BCUT2D eigenvalue weighted by Crippen LogP contribution is 2.24. The number of carbonyl (C=O) groups excluding carboxylic acids is 1. The fourth-order valence-electron chi connectivity index (χ4n) is 2.60. The van der Waals surface area contributed by atoms with E-state index in [1.807, 2.05) is 26.0 Å². The van der Waals surface area contributed by atoms with E-state index < -0.39 is 10.0 Å². The molecule has 0 radical (unpaired) electrons. The smallest absolute Gasteiger partial charge is 0.264 e. The number of benzene rings is 2. The van der Waals surface area contributed by atoms with Crippen LogP contribution in [-0.4, -0.2) is 26.9 Å². The molecule has 0 spiro atoms. The average Bonchev–Trinajstić information content (AvgIpc) is 2.61. The van der Waals surface area contributed by atoms with Crippen molar-refractivity contribution >= 4 is 44.2 Å². The molecule has 0 aromatic heterocycles. The predicted octanol–water partition coefficient (Wildman–Crippen LogP) is 3.79. The van der Waals surface area contributed by atoms with Gasteiger partial charge in [-0.3, -0.25) is 9.10 Å². The summed E-state index contributed by atoms with van der Waals surface area (Å²) in [6.07, 6.45) is 1.80. The van der Waals surface area contributed by atoms with Gasteiger partial charge in [-0.1, -0.05) is 31.5 Å². The van der Waals surface area contributed by atoms with Gasteiger partial charge in [0.05, 0.1) is 10.6 Å². The first-order chi connectivity index (χ1) is 12.3. The van der Waals surface area contributed by atoms with Gasteiger partial charge in [-0.05, 0) is 72.3 Å². The minimum Gasteiger partial charge on any atom is -0.352 e. The topological polar surface area (TPSA) is 66.5 Å². The first kappa shape index (κ1) is 20.7. The van der Waals surface area contributed by atoms with Crippen molar-refractivity contribution in [3.05, 3.63) is 58.2 Å². The van der Waals surface area contributed by atoms with Crippen molar-refractivity contribution in [1.29, 1.82) is 0 Å². The maximum Gasteiger partial charge on any atom is 0.264 e. The molecule has 0 bridgehead atoms. The van der Waals surface area contributed by atoms with E-state index in [1.165, 1.54) is 12.1 Å². The normalized spacial score (nSPS) is 12.4. The zero-order valence-electron chi connectivity index (χ0n) is 14.9. The predicted molar refractivity (Wildman–Crippen MR) is 113 cm³/mol. The Morgan fingerprint density at radius 1 is 1.12 bits per heavy atom. The van der Waals surface area contributed by atoms with Crippen molar-refractivity contribution in [2.45, 2.75) is 37.6 Å². The number of sulfonamides is 1. The summed E-state index contributed by atoms with van der Waals surface area (Å²) in [7, 11) is -3.84. The lowest BCUT2D eigenvalue weighted by molar-refractivity contribution is -0.120. The van der Waals surface area contributed by atoms with E-state index in [9.17, 15) is 13.2 Å². The molecule has 0 saturated carbocycles. The molecule has 1 amide bonds. The summed E-state index contributed by atoms with van der Waals surface area (Å²) in [5.74, 6) is -0.316. The third-order valence-corrected chi connectivity index (χ3v) is 6.37. The molecule has 2 aromatic rings. The van der Waals surface area contributed by atoms with E-state index >= 15 is 0 Å². The maximum atomic E-state index is 13.1. The molecule has 0 aliphatic carbocycles. The van der Waals surface area contributed by atoms with Gasteiger partial charge in [-0.2, -0.15) is 0 Å². The molecule has 0 aliphatic rings. The summed E-state index contributed by atoms with van der Waals surface area (Å²) < 4.78 is 28.4. The van der Waals surface area contributed by atoms with Gasteiger partial charge in [-0.15, -0.1) is 0 Å². The maximum absolute atomic E-state index is 13.1. The third kappa shape index (κ3) is 5.44. The molecule has 0 heterocycles. The molecule has 0 unspecified atom stereocenters. The number of nitrogens with zero attached hydrogens (tertiary/aromatic N) is 1. The molecule has 1 N–H and O–H groups in total. The average molecular weight is 486 g/mol. The summed E-state index contributed by atoms with van der Waals surface area (Å²) in [4.78, 5) is 12.6. The number of amides is 1. The Kier molecular flexibility index (Phi) is 7.45. The monoisotopic (exact) mass is 486 g/mol. The van der Waals surface area contributed by atoms with Crippen LogP contribution in [0.15, 0.2) is 59.5 Å². The molecular weight excluding hydrogens is 463 g/mol. The second kappa shape index (κ2) is 9.36. The number of rotatable bonds is 8. The molecule has 2 aromatic carbocycles. The van der Waals surface area contributed by atoms with Gasteiger partial charge in [0.2, 0.25) is 5.91 Å². The molecule has 26 heavy (non-hydrogen) atoms. The lowest BCUT2D eigenvalue weighted by Crippen LogP contribution is -2.43. The first-order valence-corrected chi connectivity index (χ1v) is 11.0. The van der Waals surface area contributed by atoms with E-state index in [4.69, 9.17) is 0 Å². The van der Waals surface area contributed by atoms with Crippen molar-refractivity contribution in [3.8, 4) is 0 Å². The minimum absolute atomic E-state index is 0.00509. The van der Waals surface area contributed by atoms with Crippen LogP contribution in [0.1, 0.15) is 26.7 Å². The fraction of sp³-hybridized carbons (Fsp3) is 0.316. The zero-order chi connectivity index (χ0) is 19.2. The van der Waals surface area contributed by atoms with Gasteiger partial charge in [-0.25, -0.2) is 8.42 Å². The second-order valence-corrected chi connectivity index (χ2v) is 9.17.